The molecule has 0 bridgehead atoms. The number of nitrogens with zero attached hydrogens (tertiary/aromatic N) is 2. The van der Waals surface area contributed by atoms with Crippen molar-refractivity contribution >= 4 is 11.8 Å². The first-order chi connectivity index (χ1) is 8.04. The minimum absolute atomic E-state index is 0.0114. The maximum absolute atomic E-state index is 11.6. The van der Waals surface area contributed by atoms with Crippen LogP contribution in [0.1, 0.15) is 13.8 Å². The fourth-order valence-corrected chi connectivity index (χ4v) is 1.87. The fourth-order valence-electron chi connectivity index (χ4n) is 1.87. The molecule has 6 nitrogen and oxygen atoms in total. The molecule has 1 aliphatic heterocycles. The van der Waals surface area contributed by atoms with E-state index in [1.165, 1.54) is 0 Å². The molecule has 0 aromatic rings. The Labute approximate surface area is 102 Å². The number of nitrogens with one attached hydrogen (secondary N) is 1. The molecule has 0 saturated carbocycles. The number of hydrogen-bond acceptors (Lipinski definition) is 4. The number of nitrogens with two attached hydrogens (primary N) is 1. The van der Waals surface area contributed by atoms with E-state index in [1.807, 2.05) is 6.92 Å². The smallest absolute Gasteiger partial charge is 0.239 e. The van der Waals surface area contributed by atoms with E-state index in [-0.39, 0.29) is 11.8 Å². The molecule has 0 radical (unpaired) electrons. The molecular weight excluding hydrogens is 220 g/mol. The molecule has 6 heteroatoms. The maximum Gasteiger partial charge on any atom is 0.239 e. The van der Waals surface area contributed by atoms with Gasteiger partial charge in [0.2, 0.25) is 11.8 Å². The third kappa shape index (κ3) is 4.32. The number of hydrogen-bond donors (Lipinski definition) is 2. The van der Waals surface area contributed by atoms with Crippen LogP contribution in [0.5, 0.6) is 0 Å². The van der Waals surface area contributed by atoms with Gasteiger partial charge in [-0.1, -0.05) is 0 Å². The predicted molar refractivity (Wildman–Crippen MR) is 65.4 cm³/mol. The van der Waals surface area contributed by atoms with E-state index in [0.717, 1.165) is 13.1 Å². The van der Waals surface area contributed by atoms with Crippen molar-refractivity contribution in [2.75, 3.05) is 39.3 Å². The van der Waals surface area contributed by atoms with Gasteiger partial charge in [0.1, 0.15) is 0 Å². The van der Waals surface area contributed by atoms with Gasteiger partial charge in [-0.2, -0.15) is 0 Å². The van der Waals surface area contributed by atoms with E-state index in [9.17, 15) is 9.59 Å². The van der Waals surface area contributed by atoms with E-state index in [2.05, 4.69) is 10.2 Å². The highest BCUT2D eigenvalue weighted by Gasteiger charge is 2.23. The largest absolute Gasteiger partial charge is 0.355 e. The van der Waals surface area contributed by atoms with E-state index < -0.39 is 6.04 Å². The normalized spacial score (nSPS) is 18.9. The number of amides is 2. The van der Waals surface area contributed by atoms with Crippen molar-refractivity contribution in [1.29, 1.82) is 0 Å². The second-order valence-electron chi connectivity index (χ2n) is 4.34. The molecule has 1 fully saturated rings. The summed E-state index contributed by atoms with van der Waals surface area (Å²) in [5, 5.41) is 2.76. The summed E-state index contributed by atoms with van der Waals surface area (Å²) in [5.41, 5.74) is 5.55. The van der Waals surface area contributed by atoms with Crippen molar-refractivity contribution in [3.63, 3.8) is 0 Å². The molecule has 0 unspecified atom stereocenters. The van der Waals surface area contributed by atoms with Crippen LogP contribution in [0.2, 0.25) is 0 Å². The lowest BCUT2D eigenvalue weighted by atomic mass is 10.2. The average Bonchev–Trinajstić information content (AvgIpc) is 2.29. The standard InChI is InChI=1S/C11H22N4O2/c1-3-13-10(16)8-14-4-6-15(7-5-14)11(17)9(2)12/h9H,3-8,12H2,1-2H3,(H,13,16)/t9-/m0/s1. The SMILES string of the molecule is CCNC(=O)CN1CCN(C(=O)[C@H](C)N)CC1. The van der Waals surface area contributed by atoms with Crippen LogP contribution in [0.3, 0.4) is 0 Å². The molecular formula is C11H22N4O2. The zero-order chi connectivity index (χ0) is 12.8. The van der Waals surface area contributed by atoms with Crippen LogP contribution < -0.4 is 11.1 Å². The third-order valence-electron chi connectivity index (χ3n) is 2.81. The fraction of sp³-hybridized carbons (Fsp3) is 0.818. The van der Waals surface area contributed by atoms with Crippen molar-refractivity contribution < 1.29 is 9.59 Å². The highest BCUT2D eigenvalue weighted by molar-refractivity contribution is 5.81. The molecule has 98 valence electrons. The summed E-state index contributed by atoms with van der Waals surface area (Å²) in [7, 11) is 0. The predicted octanol–water partition coefficient (Wildman–Crippen LogP) is -1.39. The highest BCUT2D eigenvalue weighted by Crippen LogP contribution is 2.02. The Morgan fingerprint density at radius 3 is 2.35 bits per heavy atom. The van der Waals surface area contributed by atoms with E-state index >= 15 is 0 Å². The second-order valence-corrected chi connectivity index (χ2v) is 4.34. The Kier molecular flexibility index (Phi) is 5.37. The number of rotatable bonds is 4. The first-order valence-electron chi connectivity index (χ1n) is 6.08. The molecule has 17 heavy (non-hydrogen) atoms. The molecule has 2 amide bonds. The summed E-state index contributed by atoms with van der Waals surface area (Å²) in [6.45, 7) is 7.43. The summed E-state index contributed by atoms with van der Waals surface area (Å²) in [5.74, 6) is 0.0297. The lowest BCUT2D eigenvalue weighted by molar-refractivity contribution is -0.134. The van der Waals surface area contributed by atoms with Gasteiger partial charge < -0.3 is 16.0 Å². The first kappa shape index (κ1) is 13.9. The lowest BCUT2D eigenvalue weighted by Crippen LogP contribution is -2.54. The Morgan fingerprint density at radius 2 is 1.88 bits per heavy atom. The van der Waals surface area contributed by atoms with Gasteiger partial charge in [0, 0.05) is 32.7 Å². The Bertz CT molecular complexity index is 273. The lowest BCUT2D eigenvalue weighted by Gasteiger charge is -2.35. The molecule has 0 spiro atoms. The van der Waals surface area contributed by atoms with Crippen LogP contribution in [-0.2, 0) is 9.59 Å². The summed E-state index contributed by atoms with van der Waals surface area (Å²) in [4.78, 5) is 26.8. The molecule has 0 aliphatic carbocycles. The van der Waals surface area contributed by atoms with E-state index in [4.69, 9.17) is 5.73 Å². The molecule has 1 atom stereocenters. The number of carbonyl (C=O) groups is 2. The second kappa shape index (κ2) is 6.56. The number of likely N-dealkylation sites (N-methyl/N-ethyl adjacent to an activating group) is 1. The molecule has 1 heterocycles. The topological polar surface area (TPSA) is 78.7 Å². The zero-order valence-corrected chi connectivity index (χ0v) is 10.6. The van der Waals surface area contributed by atoms with Crippen LogP contribution in [0, 0.1) is 0 Å². The molecule has 0 aromatic heterocycles. The molecule has 1 saturated heterocycles. The quantitative estimate of drug-likeness (QED) is 0.636. The van der Waals surface area contributed by atoms with Gasteiger partial charge in [0.05, 0.1) is 12.6 Å². The Hall–Kier alpha value is -1.14. The van der Waals surface area contributed by atoms with Crippen molar-refractivity contribution in [1.82, 2.24) is 15.1 Å². The summed E-state index contributed by atoms with van der Waals surface area (Å²) < 4.78 is 0. The molecule has 0 aromatic carbocycles. The van der Waals surface area contributed by atoms with Gasteiger partial charge in [-0.25, -0.2) is 0 Å². The van der Waals surface area contributed by atoms with Gasteiger partial charge in [-0.3, -0.25) is 14.5 Å². The summed E-state index contributed by atoms with van der Waals surface area (Å²) >= 11 is 0. The molecule has 1 aliphatic rings. The Balaban J connectivity index is 2.31. The van der Waals surface area contributed by atoms with Gasteiger partial charge in [0.15, 0.2) is 0 Å². The Morgan fingerprint density at radius 1 is 1.29 bits per heavy atom. The van der Waals surface area contributed by atoms with Crippen LogP contribution >= 0.6 is 0 Å². The van der Waals surface area contributed by atoms with Crippen molar-refractivity contribution in [3.05, 3.63) is 0 Å². The summed E-state index contributed by atoms with van der Waals surface area (Å²) in [6, 6.07) is -0.440. The van der Waals surface area contributed by atoms with Gasteiger partial charge >= 0.3 is 0 Å². The van der Waals surface area contributed by atoms with Crippen LogP contribution in [-0.4, -0.2) is 66.9 Å². The monoisotopic (exact) mass is 242 g/mol. The van der Waals surface area contributed by atoms with Crippen LogP contribution in [0.25, 0.3) is 0 Å². The van der Waals surface area contributed by atoms with E-state index in [1.54, 1.807) is 11.8 Å². The third-order valence-corrected chi connectivity index (χ3v) is 2.81. The van der Waals surface area contributed by atoms with Crippen LogP contribution in [0.4, 0.5) is 0 Å². The van der Waals surface area contributed by atoms with E-state index in [0.29, 0.717) is 26.2 Å². The highest BCUT2D eigenvalue weighted by atomic mass is 16.2. The molecule has 3 N–H and O–H groups in total. The first-order valence-corrected chi connectivity index (χ1v) is 6.08. The number of carbonyl (C=O) groups excluding carboxylic acids is 2. The van der Waals surface area contributed by atoms with Crippen molar-refractivity contribution in [2.24, 2.45) is 5.73 Å². The minimum atomic E-state index is -0.440. The summed E-state index contributed by atoms with van der Waals surface area (Å²) in [6.07, 6.45) is 0. The van der Waals surface area contributed by atoms with Gasteiger partial charge in [-0.05, 0) is 13.8 Å². The maximum atomic E-state index is 11.6. The van der Waals surface area contributed by atoms with Gasteiger partial charge in [-0.15, -0.1) is 0 Å². The molecule has 1 rings (SSSR count). The average molecular weight is 242 g/mol. The zero-order valence-electron chi connectivity index (χ0n) is 10.6. The minimum Gasteiger partial charge on any atom is -0.355 e. The number of piperazine rings is 1. The van der Waals surface area contributed by atoms with Crippen molar-refractivity contribution in [2.45, 2.75) is 19.9 Å². The van der Waals surface area contributed by atoms with Crippen LogP contribution in [0.15, 0.2) is 0 Å². The van der Waals surface area contributed by atoms with Crippen molar-refractivity contribution in [3.8, 4) is 0 Å². The van der Waals surface area contributed by atoms with Gasteiger partial charge in [0.25, 0.3) is 0 Å².